The minimum absolute atomic E-state index is 0.255. The van der Waals surface area contributed by atoms with Gasteiger partial charge in [0.15, 0.2) is 0 Å². The summed E-state index contributed by atoms with van der Waals surface area (Å²) in [6, 6.07) is 19.3. The number of nitrogens with one attached hydrogen (secondary N) is 1. The Morgan fingerprint density at radius 1 is 1.00 bits per heavy atom. The molecule has 0 radical (unpaired) electrons. The van der Waals surface area contributed by atoms with Gasteiger partial charge in [-0.2, -0.15) is 12.7 Å². The summed E-state index contributed by atoms with van der Waals surface area (Å²) in [5.74, 6) is 0.336. The van der Waals surface area contributed by atoms with Crippen molar-refractivity contribution in [2.75, 3.05) is 38.1 Å². The number of anilines is 1. The molecule has 0 bridgehead atoms. The van der Waals surface area contributed by atoms with Crippen LogP contribution in [-0.2, 0) is 15.0 Å². The minimum Gasteiger partial charge on any atom is -0.491 e. The van der Waals surface area contributed by atoms with E-state index < -0.39 is 16.1 Å². The third-order valence-corrected chi connectivity index (χ3v) is 6.90. The van der Waals surface area contributed by atoms with Gasteiger partial charge in [0.25, 0.3) is 0 Å². The molecule has 0 aliphatic heterocycles. The number of hydrogen-bond acceptors (Lipinski definition) is 4. The molecule has 7 nitrogen and oxygen atoms in total. The lowest BCUT2D eigenvalue weighted by molar-refractivity contribution is -0.119. The van der Waals surface area contributed by atoms with Crippen molar-refractivity contribution in [1.29, 1.82) is 0 Å². The van der Waals surface area contributed by atoms with Crippen molar-refractivity contribution in [2.45, 2.75) is 13.8 Å². The van der Waals surface area contributed by atoms with Crippen molar-refractivity contribution in [3.8, 4) is 5.75 Å². The molecule has 170 valence electrons. The molecule has 0 heterocycles. The van der Waals surface area contributed by atoms with Crippen LogP contribution < -0.4 is 14.4 Å². The fourth-order valence-corrected chi connectivity index (χ4v) is 4.46. The van der Waals surface area contributed by atoms with Crippen molar-refractivity contribution in [2.24, 2.45) is 0 Å². The molecule has 0 saturated heterocycles. The van der Waals surface area contributed by atoms with Gasteiger partial charge in [0.05, 0.1) is 12.2 Å². The standard InChI is InChI=1S/C24H29N3O4S/c1-18-12-13-19(2)22(16-18)27(32(29,30)26(3)4)17-24(28)25-14-15-31-23-11-7-9-20-8-5-6-10-21(20)23/h5-13,16H,14-15,17H2,1-4H3,(H,25,28). The summed E-state index contributed by atoms with van der Waals surface area (Å²) in [7, 11) is -0.954. The number of carbonyl (C=O) groups is 1. The lowest BCUT2D eigenvalue weighted by Crippen LogP contribution is -2.46. The first kappa shape index (κ1) is 23.6. The third-order valence-electron chi connectivity index (χ3n) is 5.09. The maximum absolute atomic E-state index is 12.9. The third kappa shape index (κ3) is 5.38. The van der Waals surface area contributed by atoms with E-state index in [1.54, 1.807) is 6.07 Å². The van der Waals surface area contributed by atoms with E-state index in [1.807, 2.05) is 68.4 Å². The van der Waals surface area contributed by atoms with E-state index in [-0.39, 0.29) is 19.7 Å². The first-order valence-electron chi connectivity index (χ1n) is 10.3. The molecule has 3 aromatic rings. The second-order valence-electron chi connectivity index (χ2n) is 7.76. The molecule has 3 aromatic carbocycles. The Hall–Kier alpha value is -3.10. The highest BCUT2D eigenvalue weighted by Crippen LogP contribution is 2.26. The van der Waals surface area contributed by atoms with E-state index in [9.17, 15) is 13.2 Å². The molecule has 1 N–H and O–H groups in total. The topological polar surface area (TPSA) is 79.0 Å². The summed E-state index contributed by atoms with van der Waals surface area (Å²) in [6.07, 6.45) is 0. The van der Waals surface area contributed by atoms with Gasteiger partial charge in [-0.15, -0.1) is 0 Å². The van der Waals surface area contributed by atoms with Gasteiger partial charge < -0.3 is 10.1 Å². The van der Waals surface area contributed by atoms with E-state index in [4.69, 9.17) is 4.74 Å². The van der Waals surface area contributed by atoms with Crippen LogP contribution >= 0.6 is 0 Å². The van der Waals surface area contributed by atoms with Crippen LogP contribution in [-0.4, -0.2) is 52.4 Å². The number of aryl methyl sites for hydroxylation is 2. The second-order valence-corrected chi connectivity index (χ2v) is 9.83. The molecular weight excluding hydrogens is 426 g/mol. The van der Waals surface area contributed by atoms with Gasteiger partial charge in [0.2, 0.25) is 5.91 Å². The summed E-state index contributed by atoms with van der Waals surface area (Å²) in [6.45, 7) is 3.91. The summed E-state index contributed by atoms with van der Waals surface area (Å²) >= 11 is 0. The van der Waals surface area contributed by atoms with Crippen molar-refractivity contribution in [3.05, 3.63) is 71.8 Å². The Morgan fingerprint density at radius 2 is 1.72 bits per heavy atom. The quantitative estimate of drug-likeness (QED) is 0.503. The number of fused-ring (bicyclic) bond motifs is 1. The molecule has 0 aromatic heterocycles. The average Bonchev–Trinajstić information content (AvgIpc) is 2.76. The van der Waals surface area contributed by atoms with Gasteiger partial charge in [0, 0.05) is 19.5 Å². The SMILES string of the molecule is Cc1ccc(C)c(N(CC(=O)NCCOc2cccc3ccccc23)S(=O)(=O)N(C)C)c1. The first-order valence-corrected chi connectivity index (χ1v) is 11.7. The Labute approximate surface area is 189 Å². The molecule has 32 heavy (non-hydrogen) atoms. The van der Waals surface area contributed by atoms with Crippen LogP contribution in [0.25, 0.3) is 10.8 Å². The van der Waals surface area contributed by atoms with Gasteiger partial charge in [-0.3, -0.25) is 4.79 Å². The normalized spacial score (nSPS) is 11.5. The summed E-state index contributed by atoms with van der Waals surface area (Å²) in [5.41, 5.74) is 2.17. The second kappa shape index (κ2) is 10.0. The van der Waals surface area contributed by atoms with Crippen LogP contribution in [0.2, 0.25) is 0 Å². The zero-order chi connectivity index (χ0) is 23.3. The van der Waals surface area contributed by atoms with Gasteiger partial charge >= 0.3 is 10.2 Å². The molecule has 0 aliphatic carbocycles. The van der Waals surface area contributed by atoms with E-state index >= 15 is 0 Å². The van der Waals surface area contributed by atoms with Crippen molar-refractivity contribution in [3.63, 3.8) is 0 Å². The summed E-state index contributed by atoms with van der Waals surface area (Å²) < 4.78 is 33.9. The van der Waals surface area contributed by atoms with Crippen LogP contribution in [0, 0.1) is 13.8 Å². The highest BCUT2D eigenvalue weighted by atomic mass is 32.2. The van der Waals surface area contributed by atoms with Crippen molar-refractivity contribution >= 4 is 32.6 Å². The largest absolute Gasteiger partial charge is 0.491 e. The monoisotopic (exact) mass is 455 g/mol. The van der Waals surface area contributed by atoms with Crippen LogP contribution in [0.1, 0.15) is 11.1 Å². The Kier molecular flexibility index (Phi) is 7.37. The van der Waals surface area contributed by atoms with Gasteiger partial charge in [-0.25, -0.2) is 4.31 Å². The van der Waals surface area contributed by atoms with E-state index in [0.717, 1.165) is 36.3 Å². The molecule has 0 saturated carbocycles. The number of ether oxygens (including phenoxy) is 1. The molecular formula is C24H29N3O4S. The number of rotatable bonds is 9. The summed E-state index contributed by atoms with van der Waals surface area (Å²) in [5, 5.41) is 4.83. The van der Waals surface area contributed by atoms with Gasteiger partial charge in [-0.1, -0.05) is 48.5 Å². The molecule has 3 rings (SSSR count). The van der Waals surface area contributed by atoms with Gasteiger partial charge in [-0.05, 0) is 42.5 Å². The lowest BCUT2D eigenvalue weighted by atomic mass is 10.1. The molecule has 0 atom stereocenters. The lowest BCUT2D eigenvalue weighted by Gasteiger charge is -2.28. The predicted octanol–water partition coefficient (Wildman–Crippen LogP) is 3.26. The molecule has 0 spiro atoms. The highest BCUT2D eigenvalue weighted by molar-refractivity contribution is 7.90. The molecule has 8 heteroatoms. The van der Waals surface area contributed by atoms with Crippen molar-refractivity contribution in [1.82, 2.24) is 9.62 Å². The predicted molar refractivity (Wildman–Crippen MR) is 128 cm³/mol. The Balaban J connectivity index is 1.66. The summed E-state index contributed by atoms with van der Waals surface area (Å²) in [4.78, 5) is 12.6. The Bertz CT molecular complexity index is 1200. The molecule has 0 fully saturated rings. The maximum atomic E-state index is 12.9. The zero-order valence-electron chi connectivity index (χ0n) is 18.8. The fourth-order valence-electron chi connectivity index (χ4n) is 3.34. The van der Waals surface area contributed by atoms with Crippen LogP contribution in [0.5, 0.6) is 5.75 Å². The van der Waals surface area contributed by atoms with Crippen LogP contribution in [0.4, 0.5) is 5.69 Å². The van der Waals surface area contributed by atoms with E-state index in [1.165, 1.54) is 14.1 Å². The Morgan fingerprint density at radius 3 is 2.47 bits per heavy atom. The number of benzene rings is 3. The zero-order valence-corrected chi connectivity index (χ0v) is 19.6. The van der Waals surface area contributed by atoms with Crippen molar-refractivity contribution < 1.29 is 17.9 Å². The highest BCUT2D eigenvalue weighted by Gasteiger charge is 2.28. The average molecular weight is 456 g/mol. The van der Waals surface area contributed by atoms with Crippen LogP contribution in [0.15, 0.2) is 60.7 Å². The molecule has 1 amide bonds. The van der Waals surface area contributed by atoms with E-state index in [0.29, 0.717) is 5.69 Å². The van der Waals surface area contributed by atoms with E-state index in [2.05, 4.69) is 5.32 Å². The minimum atomic E-state index is -3.85. The number of hydrogen-bond donors (Lipinski definition) is 1. The number of nitrogens with zero attached hydrogens (tertiary/aromatic N) is 2. The van der Waals surface area contributed by atoms with Gasteiger partial charge in [0.1, 0.15) is 18.9 Å². The number of carbonyl (C=O) groups excluding carboxylic acids is 1. The number of amides is 1. The fraction of sp³-hybridized carbons (Fsp3) is 0.292. The van der Waals surface area contributed by atoms with Crippen LogP contribution in [0.3, 0.4) is 0 Å². The molecule has 0 unspecified atom stereocenters. The smallest absolute Gasteiger partial charge is 0.304 e. The first-order chi connectivity index (χ1) is 15.2. The maximum Gasteiger partial charge on any atom is 0.304 e. The molecule has 0 aliphatic rings.